The number of unbranched alkanes of at least 4 members (excludes halogenated alkanes) is 1. The molecule has 0 bridgehead atoms. The Bertz CT molecular complexity index is 847. The normalized spacial score (nSPS) is 20.6. The van der Waals surface area contributed by atoms with Crippen molar-refractivity contribution in [3.8, 4) is 0 Å². The van der Waals surface area contributed by atoms with Crippen molar-refractivity contribution < 1.29 is 14.6 Å². The van der Waals surface area contributed by atoms with Gasteiger partial charge in [-0.25, -0.2) is 0 Å². The maximum atomic E-state index is 10.7. The van der Waals surface area contributed by atoms with Gasteiger partial charge in [0.25, 0.3) is 0 Å². The van der Waals surface area contributed by atoms with Gasteiger partial charge in [-0.2, -0.15) is 0 Å². The van der Waals surface area contributed by atoms with Gasteiger partial charge in [0.05, 0.1) is 12.7 Å². The van der Waals surface area contributed by atoms with E-state index in [0.29, 0.717) is 25.0 Å². The molecule has 1 aliphatic carbocycles. The maximum absolute atomic E-state index is 10.7. The molecule has 0 unspecified atom stereocenters. The highest BCUT2D eigenvalue weighted by molar-refractivity contribution is 5.66. The molecular formula is C27H33NO3. The number of carbonyl (C=O) groups is 1. The second kappa shape index (κ2) is 12.2. The number of benzene rings is 2. The van der Waals surface area contributed by atoms with Crippen LogP contribution in [0, 0.1) is 5.92 Å². The van der Waals surface area contributed by atoms with Crippen molar-refractivity contribution in [2.45, 2.75) is 51.0 Å². The summed E-state index contributed by atoms with van der Waals surface area (Å²) in [6, 6.07) is 21.1. The predicted molar refractivity (Wildman–Crippen MR) is 125 cm³/mol. The van der Waals surface area contributed by atoms with E-state index < -0.39 is 5.97 Å². The topological polar surface area (TPSA) is 49.8 Å². The van der Waals surface area contributed by atoms with Gasteiger partial charge in [-0.3, -0.25) is 9.69 Å². The molecule has 164 valence electrons. The highest BCUT2D eigenvalue weighted by Gasteiger charge is 2.33. The second-order valence-electron chi connectivity index (χ2n) is 8.19. The van der Waals surface area contributed by atoms with Crippen molar-refractivity contribution in [1.82, 2.24) is 4.90 Å². The Morgan fingerprint density at radius 2 is 1.68 bits per heavy atom. The lowest BCUT2D eigenvalue weighted by molar-refractivity contribution is -0.137. The molecule has 31 heavy (non-hydrogen) atoms. The van der Waals surface area contributed by atoms with Gasteiger partial charge in [0, 0.05) is 24.9 Å². The zero-order valence-electron chi connectivity index (χ0n) is 18.3. The summed E-state index contributed by atoms with van der Waals surface area (Å²) in [6.45, 7) is 1.49. The molecule has 2 aromatic rings. The highest BCUT2D eigenvalue weighted by atomic mass is 16.5. The van der Waals surface area contributed by atoms with Gasteiger partial charge in [-0.15, -0.1) is 0 Å². The predicted octanol–water partition coefficient (Wildman–Crippen LogP) is 5.46. The minimum atomic E-state index is -0.731. The Hall–Kier alpha value is -2.69. The summed E-state index contributed by atoms with van der Waals surface area (Å²) in [7, 11) is 2.17. The molecule has 0 radical (unpaired) electrons. The Morgan fingerprint density at radius 1 is 1.00 bits per heavy atom. The third-order valence-electron chi connectivity index (χ3n) is 5.76. The number of hydrogen-bond acceptors (Lipinski definition) is 3. The quantitative estimate of drug-likeness (QED) is 0.367. The molecule has 4 heteroatoms. The third-order valence-corrected chi connectivity index (χ3v) is 5.76. The van der Waals surface area contributed by atoms with Gasteiger partial charge in [-0.1, -0.05) is 85.0 Å². The van der Waals surface area contributed by atoms with Crippen LogP contribution < -0.4 is 0 Å². The summed E-state index contributed by atoms with van der Waals surface area (Å²) in [5.41, 5.74) is 2.48. The van der Waals surface area contributed by atoms with E-state index in [9.17, 15) is 4.79 Å². The first-order valence-electron chi connectivity index (χ1n) is 11.1. The number of likely N-dealkylation sites (N-methyl/N-ethyl adjacent to an activating group) is 1. The van der Waals surface area contributed by atoms with Crippen molar-refractivity contribution >= 4 is 5.97 Å². The van der Waals surface area contributed by atoms with E-state index in [1.54, 1.807) is 0 Å². The summed E-state index contributed by atoms with van der Waals surface area (Å²) in [6.07, 6.45) is 11.5. The molecule has 0 saturated carbocycles. The molecule has 0 saturated heterocycles. The van der Waals surface area contributed by atoms with Crippen molar-refractivity contribution in [2.24, 2.45) is 5.92 Å². The van der Waals surface area contributed by atoms with E-state index in [-0.39, 0.29) is 12.5 Å². The molecule has 3 rings (SSSR count). The van der Waals surface area contributed by atoms with Crippen LogP contribution in [0.2, 0.25) is 0 Å². The monoisotopic (exact) mass is 419 g/mol. The lowest BCUT2D eigenvalue weighted by Gasteiger charge is -2.31. The molecule has 0 aliphatic heterocycles. The molecule has 2 aromatic carbocycles. The lowest BCUT2D eigenvalue weighted by Crippen LogP contribution is -2.38. The van der Waals surface area contributed by atoms with E-state index in [0.717, 1.165) is 19.4 Å². The SMILES string of the molecule is CN(Cc1ccccc1)[C@@H]1C=C[C@@H](OCc2ccccc2)[C@H]1C/C=C\CCCC(=O)O. The van der Waals surface area contributed by atoms with Crippen LogP contribution >= 0.6 is 0 Å². The largest absolute Gasteiger partial charge is 0.481 e. The number of allylic oxidation sites excluding steroid dienone is 2. The van der Waals surface area contributed by atoms with Crippen molar-refractivity contribution in [2.75, 3.05) is 7.05 Å². The van der Waals surface area contributed by atoms with E-state index in [1.165, 1.54) is 11.1 Å². The Morgan fingerprint density at radius 3 is 2.35 bits per heavy atom. The number of nitrogens with zero attached hydrogens (tertiary/aromatic N) is 1. The molecule has 0 amide bonds. The number of carboxylic acid groups (broad SMARTS) is 1. The Balaban J connectivity index is 1.61. The van der Waals surface area contributed by atoms with Gasteiger partial charge in [-0.05, 0) is 37.4 Å². The summed E-state index contributed by atoms with van der Waals surface area (Å²) in [4.78, 5) is 13.1. The molecule has 0 heterocycles. The third kappa shape index (κ3) is 7.50. The van der Waals surface area contributed by atoms with E-state index >= 15 is 0 Å². The van der Waals surface area contributed by atoms with E-state index in [4.69, 9.17) is 9.84 Å². The molecule has 3 atom stereocenters. The van der Waals surface area contributed by atoms with Gasteiger partial charge in [0.1, 0.15) is 0 Å². The molecule has 4 nitrogen and oxygen atoms in total. The maximum Gasteiger partial charge on any atom is 0.303 e. The van der Waals surface area contributed by atoms with Crippen LogP contribution in [0.3, 0.4) is 0 Å². The van der Waals surface area contributed by atoms with Gasteiger partial charge >= 0.3 is 5.97 Å². The fraction of sp³-hybridized carbons (Fsp3) is 0.370. The average Bonchev–Trinajstić information content (AvgIpc) is 3.19. The molecule has 1 N–H and O–H groups in total. The number of aliphatic carboxylic acids is 1. The molecule has 0 aromatic heterocycles. The summed E-state index contributed by atoms with van der Waals surface area (Å²) in [5, 5.41) is 8.79. The van der Waals surface area contributed by atoms with Gasteiger partial charge in [0.2, 0.25) is 0 Å². The number of rotatable bonds is 12. The van der Waals surface area contributed by atoms with Gasteiger partial charge < -0.3 is 9.84 Å². The first-order valence-corrected chi connectivity index (χ1v) is 11.1. The average molecular weight is 420 g/mol. The molecule has 0 spiro atoms. The number of hydrogen-bond donors (Lipinski definition) is 1. The van der Waals surface area contributed by atoms with E-state index in [1.807, 2.05) is 24.3 Å². The standard InChI is InChI=1S/C27H33NO3/c1-28(20-22-12-6-4-7-13-22)25-18-19-26(31-21-23-14-8-5-9-15-23)24(25)16-10-2-3-11-17-27(29)30/h2,4-10,12-15,18-19,24-26H,3,11,16-17,20-21H2,1H3,(H,29,30)/b10-2-/t24-,25+,26+/m0/s1. The minimum Gasteiger partial charge on any atom is -0.481 e. The van der Waals surface area contributed by atoms with Crippen LogP contribution in [0.15, 0.2) is 85.0 Å². The second-order valence-corrected chi connectivity index (χ2v) is 8.19. The van der Waals surface area contributed by atoms with Crippen LogP contribution in [-0.4, -0.2) is 35.2 Å². The zero-order valence-corrected chi connectivity index (χ0v) is 18.3. The van der Waals surface area contributed by atoms with Crippen LogP contribution in [0.25, 0.3) is 0 Å². The summed E-state index contributed by atoms with van der Waals surface area (Å²) in [5.74, 6) is -0.404. The van der Waals surface area contributed by atoms with Crippen LogP contribution in [0.4, 0.5) is 0 Å². The van der Waals surface area contributed by atoms with Gasteiger partial charge in [0.15, 0.2) is 0 Å². The highest BCUT2D eigenvalue weighted by Crippen LogP contribution is 2.31. The fourth-order valence-corrected chi connectivity index (χ4v) is 4.12. The summed E-state index contributed by atoms with van der Waals surface area (Å²) >= 11 is 0. The number of ether oxygens (including phenoxy) is 1. The smallest absolute Gasteiger partial charge is 0.303 e. The van der Waals surface area contributed by atoms with Crippen LogP contribution in [0.5, 0.6) is 0 Å². The number of carboxylic acids is 1. The lowest BCUT2D eigenvalue weighted by atomic mass is 9.94. The van der Waals surface area contributed by atoms with Crippen LogP contribution in [-0.2, 0) is 22.7 Å². The first kappa shape index (κ1) is 23.0. The molecular weight excluding hydrogens is 386 g/mol. The zero-order chi connectivity index (χ0) is 21.9. The summed E-state index contributed by atoms with van der Waals surface area (Å²) < 4.78 is 6.32. The Labute approximate surface area is 185 Å². The molecule has 1 aliphatic rings. The Kier molecular flexibility index (Phi) is 9.07. The van der Waals surface area contributed by atoms with Crippen molar-refractivity contribution in [3.05, 3.63) is 96.1 Å². The van der Waals surface area contributed by atoms with E-state index in [2.05, 4.69) is 72.6 Å². The van der Waals surface area contributed by atoms with Crippen molar-refractivity contribution in [3.63, 3.8) is 0 Å². The fourth-order valence-electron chi connectivity index (χ4n) is 4.12. The first-order chi connectivity index (χ1) is 15.1. The minimum absolute atomic E-state index is 0.0621. The van der Waals surface area contributed by atoms with Crippen molar-refractivity contribution in [1.29, 1.82) is 0 Å². The van der Waals surface area contributed by atoms with Crippen LogP contribution in [0.1, 0.15) is 36.8 Å². The molecule has 0 fully saturated rings.